The number of halogens is 1. The minimum Gasteiger partial charge on any atom is -0.497 e. The second-order valence-corrected chi connectivity index (χ2v) is 5.89. The SMILES string of the molecule is COc1ccc2nc(/C(C#N)=C\c3ccc(OC)c(Br)c3)[nH]c2c1. The normalized spacial score (nSPS) is 11.3. The van der Waals surface area contributed by atoms with Gasteiger partial charge in [-0.1, -0.05) is 6.07 Å². The van der Waals surface area contributed by atoms with Gasteiger partial charge in [-0.3, -0.25) is 0 Å². The Bertz CT molecular complexity index is 970. The average Bonchev–Trinajstić information content (AvgIpc) is 3.02. The molecule has 2 aromatic carbocycles. The molecule has 3 aromatic rings. The molecule has 0 radical (unpaired) electrons. The van der Waals surface area contributed by atoms with Crippen LogP contribution in [0.4, 0.5) is 0 Å². The van der Waals surface area contributed by atoms with Gasteiger partial charge < -0.3 is 14.5 Å². The highest BCUT2D eigenvalue weighted by atomic mass is 79.9. The summed E-state index contributed by atoms with van der Waals surface area (Å²) < 4.78 is 11.2. The molecule has 0 aliphatic rings. The Morgan fingerprint density at radius 2 is 2.04 bits per heavy atom. The molecule has 0 saturated carbocycles. The van der Waals surface area contributed by atoms with Gasteiger partial charge in [-0.2, -0.15) is 5.26 Å². The van der Waals surface area contributed by atoms with E-state index in [9.17, 15) is 5.26 Å². The van der Waals surface area contributed by atoms with Crippen LogP contribution in [-0.2, 0) is 0 Å². The van der Waals surface area contributed by atoms with Crippen LogP contribution in [0.2, 0.25) is 0 Å². The highest BCUT2D eigenvalue weighted by molar-refractivity contribution is 9.10. The van der Waals surface area contributed by atoms with Gasteiger partial charge in [0.1, 0.15) is 23.4 Å². The number of imidazole rings is 1. The van der Waals surface area contributed by atoms with Crippen LogP contribution in [0.15, 0.2) is 40.9 Å². The maximum atomic E-state index is 9.50. The van der Waals surface area contributed by atoms with E-state index in [4.69, 9.17) is 9.47 Å². The summed E-state index contributed by atoms with van der Waals surface area (Å²) >= 11 is 3.44. The maximum Gasteiger partial charge on any atom is 0.149 e. The summed E-state index contributed by atoms with van der Waals surface area (Å²) in [4.78, 5) is 7.63. The second kappa shape index (κ2) is 6.77. The van der Waals surface area contributed by atoms with Gasteiger partial charge in [-0.15, -0.1) is 0 Å². The van der Waals surface area contributed by atoms with Crippen molar-refractivity contribution in [2.45, 2.75) is 0 Å². The predicted molar refractivity (Wildman–Crippen MR) is 96.8 cm³/mol. The zero-order chi connectivity index (χ0) is 17.1. The van der Waals surface area contributed by atoms with Crippen LogP contribution in [0.5, 0.6) is 11.5 Å². The first-order valence-electron chi connectivity index (χ1n) is 7.14. The molecule has 0 unspecified atom stereocenters. The van der Waals surface area contributed by atoms with Crippen molar-refractivity contribution < 1.29 is 9.47 Å². The van der Waals surface area contributed by atoms with Crippen molar-refractivity contribution in [1.82, 2.24) is 9.97 Å². The Morgan fingerprint density at radius 3 is 2.71 bits per heavy atom. The van der Waals surface area contributed by atoms with Gasteiger partial charge in [0, 0.05) is 6.07 Å². The highest BCUT2D eigenvalue weighted by Gasteiger charge is 2.09. The van der Waals surface area contributed by atoms with E-state index in [0.29, 0.717) is 11.4 Å². The molecular weight excluding hydrogens is 370 g/mol. The number of nitrogens with zero attached hydrogens (tertiary/aromatic N) is 2. The summed E-state index contributed by atoms with van der Waals surface area (Å²) in [6.45, 7) is 0. The number of rotatable bonds is 4. The molecule has 5 nitrogen and oxygen atoms in total. The summed E-state index contributed by atoms with van der Waals surface area (Å²) in [6.07, 6.45) is 1.78. The van der Waals surface area contributed by atoms with Gasteiger partial charge in [0.15, 0.2) is 0 Å². The van der Waals surface area contributed by atoms with E-state index in [1.807, 2.05) is 36.4 Å². The summed E-state index contributed by atoms with van der Waals surface area (Å²) in [6, 6.07) is 13.4. The maximum absolute atomic E-state index is 9.50. The summed E-state index contributed by atoms with van der Waals surface area (Å²) in [7, 11) is 3.22. The number of benzene rings is 2. The first-order chi connectivity index (χ1) is 11.6. The monoisotopic (exact) mass is 383 g/mol. The Labute approximate surface area is 147 Å². The fraction of sp³-hybridized carbons (Fsp3) is 0.111. The number of allylic oxidation sites excluding steroid dienone is 1. The average molecular weight is 384 g/mol. The van der Waals surface area contributed by atoms with Gasteiger partial charge in [-0.25, -0.2) is 4.98 Å². The summed E-state index contributed by atoms with van der Waals surface area (Å²) in [5.74, 6) is 1.99. The van der Waals surface area contributed by atoms with Gasteiger partial charge in [0.25, 0.3) is 0 Å². The Morgan fingerprint density at radius 1 is 1.21 bits per heavy atom. The first kappa shape index (κ1) is 16.1. The van der Waals surface area contributed by atoms with Gasteiger partial charge >= 0.3 is 0 Å². The van der Waals surface area contributed by atoms with E-state index in [1.165, 1.54) is 0 Å². The van der Waals surface area contributed by atoms with E-state index in [2.05, 4.69) is 32.0 Å². The van der Waals surface area contributed by atoms with E-state index in [0.717, 1.165) is 32.6 Å². The zero-order valence-electron chi connectivity index (χ0n) is 13.1. The number of hydrogen-bond donors (Lipinski definition) is 1. The third-order valence-corrected chi connectivity index (χ3v) is 4.17. The number of methoxy groups -OCH3 is 2. The molecule has 0 spiro atoms. The quantitative estimate of drug-likeness (QED) is 0.677. The van der Waals surface area contributed by atoms with Crippen molar-refractivity contribution in [2.75, 3.05) is 14.2 Å². The van der Waals surface area contributed by atoms with Crippen LogP contribution >= 0.6 is 15.9 Å². The molecule has 0 saturated heterocycles. The van der Waals surface area contributed by atoms with Crippen molar-refractivity contribution in [3.8, 4) is 17.6 Å². The molecule has 1 N–H and O–H groups in total. The fourth-order valence-corrected chi connectivity index (χ4v) is 2.89. The molecule has 24 heavy (non-hydrogen) atoms. The lowest BCUT2D eigenvalue weighted by molar-refractivity contribution is 0.412. The summed E-state index contributed by atoms with van der Waals surface area (Å²) in [5, 5.41) is 9.50. The van der Waals surface area contributed by atoms with E-state index >= 15 is 0 Å². The fourth-order valence-electron chi connectivity index (χ4n) is 2.34. The predicted octanol–water partition coefficient (Wildman–Crippen LogP) is 4.41. The number of ether oxygens (including phenoxy) is 2. The third-order valence-electron chi connectivity index (χ3n) is 3.55. The molecule has 120 valence electrons. The van der Waals surface area contributed by atoms with Crippen molar-refractivity contribution in [3.63, 3.8) is 0 Å². The molecule has 0 bridgehead atoms. The molecule has 3 rings (SSSR count). The van der Waals surface area contributed by atoms with Gasteiger partial charge in [0.2, 0.25) is 0 Å². The molecule has 1 heterocycles. The molecule has 6 heteroatoms. The Kier molecular flexibility index (Phi) is 4.54. The molecule has 0 aliphatic carbocycles. The van der Waals surface area contributed by atoms with Crippen molar-refractivity contribution in [1.29, 1.82) is 5.26 Å². The van der Waals surface area contributed by atoms with Crippen molar-refractivity contribution in [2.24, 2.45) is 0 Å². The number of aromatic nitrogens is 2. The molecule has 0 atom stereocenters. The van der Waals surface area contributed by atoms with E-state index in [-0.39, 0.29) is 0 Å². The molecule has 0 aliphatic heterocycles. The van der Waals surface area contributed by atoms with E-state index < -0.39 is 0 Å². The third kappa shape index (κ3) is 3.12. The molecular formula is C18H14BrN3O2. The van der Waals surface area contributed by atoms with Crippen LogP contribution in [0.25, 0.3) is 22.7 Å². The summed E-state index contributed by atoms with van der Waals surface area (Å²) in [5.41, 5.74) is 2.92. The number of nitrogens with one attached hydrogen (secondary N) is 1. The highest BCUT2D eigenvalue weighted by Crippen LogP contribution is 2.28. The molecule has 0 amide bonds. The number of nitriles is 1. The van der Waals surface area contributed by atoms with Crippen molar-refractivity contribution >= 4 is 38.6 Å². The van der Waals surface area contributed by atoms with Crippen LogP contribution in [0.1, 0.15) is 11.4 Å². The Hall–Kier alpha value is -2.78. The standard InChI is InChI=1S/C18H14BrN3O2/c1-23-13-4-5-15-16(9-13)22-18(21-15)12(10-20)7-11-3-6-17(24-2)14(19)8-11/h3-9H,1-2H3,(H,21,22)/b12-7-. The second-order valence-electron chi connectivity index (χ2n) is 5.03. The number of fused-ring (bicyclic) bond motifs is 1. The number of hydrogen-bond acceptors (Lipinski definition) is 4. The minimum atomic E-state index is 0.447. The topological polar surface area (TPSA) is 70.9 Å². The van der Waals surface area contributed by atoms with Crippen LogP contribution in [0, 0.1) is 11.3 Å². The lowest BCUT2D eigenvalue weighted by Crippen LogP contribution is -1.87. The lowest BCUT2D eigenvalue weighted by atomic mass is 10.1. The minimum absolute atomic E-state index is 0.447. The van der Waals surface area contributed by atoms with E-state index in [1.54, 1.807) is 20.3 Å². The van der Waals surface area contributed by atoms with Gasteiger partial charge in [0.05, 0.1) is 35.3 Å². The Balaban J connectivity index is 2.02. The smallest absolute Gasteiger partial charge is 0.149 e. The number of H-pyrrole nitrogens is 1. The van der Waals surface area contributed by atoms with Gasteiger partial charge in [-0.05, 0) is 51.8 Å². The lowest BCUT2D eigenvalue weighted by Gasteiger charge is -2.03. The molecule has 1 aromatic heterocycles. The number of aromatic amines is 1. The zero-order valence-corrected chi connectivity index (χ0v) is 14.7. The largest absolute Gasteiger partial charge is 0.497 e. The van der Waals surface area contributed by atoms with Crippen LogP contribution < -0.4 is 9.47 Å². The van der Waals surface area contributed by atoms with Crippen LogP contribution in [-0.4, -0.2) is 24.2 Å². The first-order valence-corrected chi connectivity index (χ1v) is 7.93. The van der Waals surface area contributed by atoms with Crippen molar-refractivity contribution in [3.05, 3.63) is 52.3 Å². The molecule has 0 fully saturated rings. The van der Waals surface area contributed by atoms with Crippen LogP contribution in [0.3, 0.4) is 0 Å².